The summed E-state index contributed by atoms with van der Waals surface area (Å²) < 4.78 is 0. The zero-order chi connectivity index (χ0) is 10.8. The quantitative estimate of drug-likeness (QED) is 0.783. The van der Waals surface area contributed by atoms with Gasteiger partial charge in [0.2, 0.25) is 5.91 Å². The molecular weight excluding hydrogens is 186 g/mol. The lowest BCUT2D eigenvalue weighted by Gasteiger charge is -2.24. The molecule has 0 unspecified atom stereocenters. The van der Waals surface area contributed by atoms with E-state index in [2.05, 4.69) is 5.32 Å². The molecule has 0 atom stereocenters. The van der Waals surface area contributed by atoms with Gasteiger partial charge in [-0.2, -0.15) is 0 Å². The molecule has 15 heavy (non-hydrogen) atoms. The number of carbonyl (C=O) groups is 1. The third-order valence-electron chi connectivity index (χ3n) is 3.02. The molecule has 1 amide bonds. The maximum atomic E-state index is 11.6. The Bertz CT molecular complexity index is 380. The van der Waals surface area contributed by atoms with Crippen molar-refractivity contribution < 1.29 is 4.79 Å². The molecule has 1 fully saturated rings. The SMILES string of the molecule is [CH]c1cc(NC(=O)C2CCC2)ccc1C. The molecule has 0 saturated heterocycles. The number of aryl methyl sites for hydroxylation is 1. The van der Waals surface area contributed by atoms with Gasteiger partial charge in [-0.1, -0.05) is 12.5 Å². The van der Waals surface area contributed by atoms with Crippen LogP contribution < -0.4 is 5.32 Å². The van der Waals surface area contributed by atoms with Crippen molar-refractivity contribution in [3.8, 4) is 0 Å². The van der Waals surface area contributed by atoms with Crippen LogP contribution in [0.5, 0.6) is 0 Å². The van der Waals surface area contributed by atoms with Crippen molar-refractivity contribution >= 4 is 11.6 Å². The minimum Gasteiger partial charge on any atom is -0.326 e. The van der Waals surface area contributed by atoms with Crippen LogP contribution in [0.4, 0.5) is 5.69 Å². The van der Waals surface area contributed by atoms with E-state index in [1.54, 1.807) is 0 Å². The van der Waals surface area contributed by atoms with Crippen LogP contribution in [0.3, 0.4) is 0 Å². The summed E-state index contributed by atoms with van der Waals surface area (Å²) >= 11 is 0. The lowest BCUT2D eigenvalue weighted by atomic mass is 9.85. The first-order chi connectivity index (χ1) is 7.16. The fourth-order valence-electron chi connectivity index (χ4n) is 1.63. The number of amides is 1. The van der Waals surface area contributed by atoms with Crippen LogP contribution in [0.25, 0.3) is 0 Å². The van der Waals surface area contributed by atoms with Crippen molar-refractivity contribution in [1.29, 1.82) is 0 Å². The number of hydrogen-bond acceptors (Lipinski definition) is 1. The smallest absolute Gasteiger partial charge is 0.227 e. The highest BCUT2D eigenvalue weighted by Crippen LogP contribution is 2.27. The Balaban J connectivity index is 2.03. The number of anilines is 1. The van der Waals surface area contributed by atoms with Gasteiger partial charge in [0.05, 0.1) is 0 Å². The van der Waals surface area contributed by atoms with Crippen LogP contribution in [-0.4, -0.2) is 5.91 Å². The van der Waals surface area contributed by atoms with E-state index in [-0.39, 0.29) is 11.8 Å². The minimum absolute atomic E-state index is 0.129. The van der Waals surface area contributed by atoms with Gasteiger partial charge in [-0.15, -0.1) is 0 Å². The van der Waals surface area contributed by atoms with Gasteiger partial charge < -0.3 is 5.32 Å². The van der Waals surface area contributed by atoms with E-state index in [0.29, 0.717) is 0 Å². The number of nitrogens with one attached hydrogen (secondary N) is 1. The Morgan fingerprint density at radius 3 is 2.73 bits per heavy atom. The van der Waals surface area contributed by atoms with E-state index in [9.17, 15) is 4.79 Å². The first-order valence-corrected chi connectivity index (χ1v) is 5.34. The van der Waals surface area contributed by atoms with Crippen LogP contribution in [0.1, 0.15) is 30.4 Å². The predicted octanol–water partition coefficient (Wildman–Crippen LogP) is 2.79. The van der Waals surface area contributed by atoms with E-state index in [1.807, 2.05) is 25.1 Å². The molecule has 0 bridgehead atoms. The zero-order valence-corrected chi connectivity index (χ0v) is 8.92. The second kappa shape index (κ2) is 4.05. The Kier molecular flexibility index (Phi) is 2.76. The first-order valence-electron chi connectivity index (χ1n) is 5.34. The monoisotopic (exact) mass is 201 g/mol. The van der Waals surface area contributed by atoms with E-state index in [1.165, 1.54) is 6.42 Å². The normalized spacial score (nSPS) is 15.9. The van der Waals surface area contributed by atoms with Crippen LogP contribution in [-0.2, 0) is 4.79 Å². The van der Waals surface area contributed by atoms with Gasteiger partial charge in [0.25, 0.3) is 0 Å². The molecule has 1 aliphatic carbocycles. The topological polar surface area (TPSA) is 29.1 Å². The molecule has 2 rings (SSSR count). The Morgan fingerprint density at radius 1 is 1.47 bits per heavy atom. The van der Waals surface area contributed by atoms with Crippen molar-refractivity contribution in [2.24, 2.45) is 5.92 Å². The Labute approximate surface area is 90.7 Å². The number of rotatable bonds is 2. The van der Waals surface area contributed by atoms with E-state index in [4.69, 9.17) is 6.92 Å². The summed E-state index contributed by atoms with van der Waals surface area (Å²) in [5.41, 5.74) is 2.56. The van der Waals surface area contributed by atoms with Crippen molar-refractivity contribution in [1.82, 2.24) is 0 Å². The van der Waals surface area contributed by atoms with Crippen LogP contribution in [0.2, 0.25) is 0 Å². The van der Waals surface area contributed by atoms with E-state index in [0.717, 1.165) is 29.7 Å². The van der Waals surface area contributed by atoms with Gasteiger partial charge in [0, 0.05) is 11.6 Å². The lowest BCUT2D eigenvalue weighted by Crippen LogP contribution is -2.28. The van der Waals surface area contributed by atoms with Gasteiger partial charge in [0.15, 0.2) is 0 Å². The summed E-state index contributed by atoms with van der Waals surface area (Å²) in [6.07, 6.45) is 3.22. The highest BCUT2D eigenvalue weighted by molar-refractivity contribution is 5.93. The van der Waals surface area contributed by atoms with Crippen LogP contribution in [0.15, 0.2) is 18.2 Å². The molecule has 1 aromatic carbocycles. The van der Waals surface area contributed by atoms with Gasteiger partial charge in [0.1, 0.15) is 0 Å². The second-order valence-corrected chi connectivity index (χ2v) is 4.19. The fraction of sp³-hybridized carbons (Fsp3) is 0.385. The molecule has 1 N–H and O–H groups in total. The molecule has 78 valence electrons. The minimum atomic E-state index is 0.129. The molecular formula is C13H15NO. The summed E-state index contributed by atoms with van der Waals surface area (Å²) in [7, 11) is 0. The van der Waals surface area contributed by atoms with Crippen LogP contribution in [0, 0.1) is 19.8 Å². The summed E-state index contributed by atoms with van der Waals surface area (Å²) in [5, 5.41) is 2.89. The largest absolute Gasteiger partial charge is 0.326 e. The molecule has 0 aliphatic heterocycles. The van der Waals surface area contributed by atoms with E-state index < -0.39 is 0 Å². The highest BCUT2D eigenvalue weighted by atomic mass is 16.1. The average Bonchev–Trinajstić information content (AvgIpc) is 2.08. The van der Waals surface area contributed by atoms with Crippen molar-refractivity contribution in [2.45, 2.75) is 26.2 Å². The third-order valence-corrected chi connectivity index (χ3v) is 3.02. The van der Waals surface area contributed by atoms with Crippen molar-refractivity contribution in [2.75, 3.05) is 5.32 Å². The summed E-state index contributed by atoms with van der Waals surface area (Å²) in [6.45, 7) is 7.72. The summed E-state index contributed by atoms with van der Waals surface area (Å²) in [4.78, 5) is 11.6. The highest BCUT2D eigenvalue weighted by Gasteiger charge is 2.24. The summed E-state index contributed by atoms with van der Waals surface area (Å²) in [5.74, 6) is 0.344. The molecule has 0 heterocycles. The molecule has 2 nitrogen and oxygen atoms in total. The third kappa shape index (κ3) is 2.20. The molecule has 1 saturated carbocycles. The fourth-order valence-corrected chi connectivity index (χ4v) is 1.63. The maximum Gasteiger partial charge on any atom is 0.227 e. The standard InChI is InChI=1S/C13H15NO/c1-9-6-7-12(8-10(9)2)14-13(15)11-4-3-5-11/h2,6-8,11H,3-5H2,1H3,(H,14,15). The van der Waals surface area contributed by atoms with Gasteiger partial charge in [-0.05, 0) is 49.9 Å². The number of benzene rings is 1. The Hall–Kier alpha value is -1.31. The lowest BCUT2D eigenvalue weighted by molar-refractivity contribution is -0.122. The molecule has 2 heteroatoms. The predicted molar refractivity (Wildman–Crippen MR) is 60.6 cm³/mol. The molecule has 0 aromatic heterocycles. The maximum absolute atomic E-state index is 11.6. The average molecular weight is 201 g/mol. The molecule has 1 aromatic rings. The van der Waals surface area contributed by atoms with Gasteiger partial charge >= 0.3 is 0 Å². The summed E-state index contributed by atoms with van der Waals surface area (Å²) in [6, 6.07) is 5.62. The number of carbonyl (C=O) groups excluding carboxylic acids is 1. The number of hydrogen-bond donors (Lipinski definition) is 1. The van der Waals surface area contributed by atoms with Gasteiger partial charge in [-0.25, -0.2) is 0 Å². The van der Waals surface area contributed by atoms with Gasteiger partial charge in [-0.3, -0.25) is 4.79 Å². The molecule has 1 aliphatic rings. The van der Waals surface area contributed by atoms with E-state index >= 15 is 0 Å². The van der Waals surface area contributed by atoms with Crippen LogP contribution >= 0.6 is 0 Å². The zero-order valence-electron chi connectivity index (χ0n) is 8.92. The Morgan fingerprint density at radius 2 is 2.20 bits per heavy atom. The first kappa shape index (κ1) is 10.2. The molecule has 2 radical (unpaired) electrons. The molecule has 0 spiro atoms. The second-order valence-electron chi connectivity index (χ2n) is 4.19. The van der Waals surface area contributed by atoms with Crippen molar-refractivity contribution in [3.63, 3.8) is 0 Å². The van der Waals surface area contributed by atoms with Crippen molar-refractivity contribution in [3.05, 3.63) is 36.2 Å².